The molecule has 0 saturated carbocycles. The molecule has 0 amide bonds. The average Bonchev–Trinajstić information content (AvgIpc) is 2.69. The molecule has 0 aliphatic carbocycles. The highest BCUT2D eigenvalue weighted by atomic mass is 32.2. The van der Waals surface area contributed by atoms with Gasteiger partial charge in [-0.05, 0) is 32.3 Å². The number of H-pyrrole nitrogens is 1. The smallest absolute Gasteiger partial charge is 0.323 e. The van der Waals surface area contributed by atoms with Crippen LogP contribution in [0.2, 0.25) is 0 Å². The summed E-state index contributed by atoms with van der Waals surface area (Å²) in [4.78, 5) is 10.6. The van der Waals surface area contributed by atoms with Crippen LogP contribution < -0.4 is 4.72 Å². The number of sulfonamides is 1. The van der Waals surface area contributed by atoms with Gasteiger partial charge in [0.05, 0.1) is 6.20 Å². The summed E-state index contributed by atoms with van der Waals surface area (Å²) in [6.07, 6.45) is 2.97. The van der Waals surface area contributed by atoms with Gasteiger partial charge in [-0.15, -0.1) is 0 Å². The Hall–Kier alpha value is -1.41. The molecule has 1 rings (SSSR count). The molecule has 0 aliphatic rings. The van der Waals surface area contributed by atoms with E-state index in [-0.39, 0.29) is 6.54 Å². The van der Waals surface area contributed by atoms with Crippen LogP contribution in [0.25, 0.3) is 0 Å². The third-order valence-corrected chi connectivity index (χ3v) is 4.41. The zero-order chi connectivity index (χ0) is 13.8. The van der Waals surface area contributed by atoms with Crippen molar-refractivity contribution in [3.8, 4) is 0 Å². The van der Waals surface area contributed by atoms with Crippen molar-refractivity contribution in [2.75, 3.05) is 6.54 Å². The van der Waals surface area contributed by atoms with Crippen molar-refractivity contribution in [3.63, 3.8) is 0 Å². The normalized spacial score (nSPS) is 13.4. The Morgan fingerprint density at radius 2 is 2.28 bits per heavy atom. The van der Waals surface area contributed by atoms with Crippen LogP contribution >= 0.6 is 0 Å². The molecule has 0 radical (unpaired) electrons. The molecule has 0 spiro atoms. The molecule has 0 saturated heterocycles. The standard InChI is InChI=1S/C10H17N3O4S/c1-7-9(6-11-13-7)4-3-5-12-18(16,17)8(2)10(14)15/h6,8,12H,3-5H2,1-2H3,(H,11,13)(H,14,15). The molecular weight excluding hydrogens is 258 g/mol. The number of aromatic amines is 1. The van der Waals surface area contributed by atoms with Crippen LogP contribution in [0.15, 0.2) is 6.20 Å². The second-order valence-electron chi connectivity index (χ2n) is 4.04. The van der Waals surface area contributed by atoms with Crippen LogP contribution in [-0.2, 0) is 21.2 Å². The third-order valence-electron chi connectivity index (χ3n) is 2.67. The first-order valence-corrected chi connectivity index (χ1v) is 7.09. The number of carbonyl (C=O) groups is 1. The minimum absolute atomic E-state index is 0.213. The fourth-order valence-corrected chi connectivity index (χ4v) is 2.32. The number of hydrogen-bond donors (Lipinski definition) is 3. The first kappa shape index (κ1) is 14.7. The van der Waals surface area contributed by atoms with Crippen LogP contribution in [0, 0.1) is 6.92 Å². The van der Waals surface area contributed by atoms with Gasteiger partial charge in [-0.25, -0.2) is 13.1 Å². The quantitative estimate of drug-likeness (QED) is 0.608. The van der Waals surface area contributed by atoms with Crippen LogP contribution in [0.3, 0.4) is 0 Å². The van der Waals surface area contributed by atoms with Crippen molar-refractivity contribution in [1.29, 1.82) is 0 Å². The lowest BCUT2D eigenvalue weighted by molar-refractivity contribution is -0.136. The number of carboxylic acid groups (broad SMARTS) is 1. The van der Waals surface area contributed by atoms with E-state index in [2.05, 4.69) is 14.9 Å². The summed E-state index contributed by atoms with van der Waals surface area (Å²) in [5, 5.41) is 13.8. The number of aliphatic carboxylic acids is 1. The van der Waals surface area contributed by atoms with Gasteiger partial charge in [-0.2, -0.15) is 5.10 Å². The van der Waals surface area contributed by atoms with E-state index < -0.39 is 21.2 Å². The SMILES string of the molecule is Cc1[nH]ncc1CCCNS(=O)(=O)C(C)C(=O)O. The Bertz CT molecular complexity index is 509. The number of rotatable bonds is 7. The molecule has 8 heteroatoms. The first-order valence-electron chi connectivity index (χ1n) is 5.54. The van der Waals surface area contributed by atoms with Crippen LogP contribution in [0.1, 0.15) is 24.6 Å². The van der Waals surface area contributed by atoms with E-state index >= 15 is 0 Å². The maximum atomic E-state index is 11.5. The van der Waals surface area contributed by atoms with Crippen molar-refractivity contribution >= 4 is 16.0 Å². The Balaban J connectivity index is 2.38. The topological polar surface area (TPSA) is 112 Å². The van der Waals surface area contributed by atoms with Gasteiger partial charge in [0.2, 0.25) is 10.0 Å². The van der Waals surface area contributed by atoms with Gasteiger partial charge in [-0.1, -0.05) is 0 Å². The Labute approximate surface area is 106 Å². The molecule has 7 nitrogen and oxygen atoms in total. The van der Waals surface area contributed by atoms with Crippen molar-refractivity contribution in [2.45, 2.75) is 31.9 Å². The first-order chi connectivity index (χ1) is 8.34. The maximum Gasteiger partial charge on any atom is 0.323 e. The van der Waals surface area contributed by atoms with Gasteiger partial charge < -0.3 is 5.11 Å². The minimum Gasteiger partial charge on any atom is -0.480 e. The van der Waals surface area contributed by atoms with Gasteiger partial charge in [0, 0.05) is 12.2 Å². The molecule has 1 atom stereocenters. The van der Waals surface area contributed by atoms with Crippen molar-refractivity contribution < 1.29 is 18.3 Å². The Morgan fingerprint density at radius 3 is 2.78 bits per heavy atom. The highest BCUT2D eigenvalue weighted by molar-refractivity contribution is 7.90. The predicted molar refractivity (Wildman–Crippen MR) is 65.7 cm³/mol. The largest absolute Gasteiger partial charge is 0.480 e. The molecule has 1 aromatic rings. The fourth-order valence-electron chi connectivity index (χ4n) is 1.38. The average molecular weight is 275 g/mol. The number of nitrogens with zero attached hydrogens (tertiary/aromatic N) is 1. The van der Waals surface area contributed by atoms with E-state index in [9.17, 15) is 13.2 Å². The van der Waals surface area contributed by atoms with E-state index in [1.54, 1.807) is 6.20 Å². The second-order valence-corrected chi connectivity index (χ2v) is 6.13. The summed E-state index contributed by atoms with van der Waals surface area (Å²) >= 11 is 0. The zero-order valence-electron chi connectivity index (χ0n) is 10.3. The summed E-state index contributed by atoms with van der Waals surface area (Å²) in [5.74, 6) is -1.35. The van der Waals surface area contributed by atoms with E-state index in [0.29, 0.717) is 12.8 Å². The molecule has 3 N–H and O–H groups in total. The summed E-state index contributed by atoms with van der Waals surface area (Å²) in [6.45, 7) is 3.24. The lowest BCUT2D eigenvalue weighted by atomic mass is 10.1. The highest BCUT2D eigenvalue weighted by Crippen LogP contribution is 2.05. The predicted octanol–water partition coefficient (Wildman–Crippen LogP) is 0.0432. The van der Waals surface area contributed by atoms with Gasteiger partial charge in [0.1, 0.15) is 0 Å². The van der Waals surface area contributed by atoms with E-state index in [1.807, 2.05) is 6.92 Å². The van der Waals surface area contributed by atoms with Gasteiger partial charge in [0.25, 0.3) is 0 Å². The van der Waals surface area contributed by atoms with E-state index in [4.69, 9.17) is 5.11 Å². The van der Waals surface area contributed by atoms with Crippen molar-refractivity contribution in [1.82, 2.24) is 14.9 Å². The summed E-state index contributed by atoms with van der Waals surface area (Å²) in [7, 11) is -3.78. The van der Waals surface area contributed by atoms with E-state index in [1.165, 1.54) is 0 Å². The monoisotopic (exact) mass is 275 g/mol. The van der Waals surface area contributed by atoms with Crippen molar-refractivity contribution in [2.24, 2.45) is 0 Å². The van der Waals surface area contributed by atoms with Gasteiger partial charge in [0.15, 0.2) is 5.25 Å². The molecule has 0 bridgehead atoms. The molecule has 1 unspecified atom stereocenters. The number of hydrogen-bond acceptors (Lipinski definition) is 4. The van der Waals surface area contributed by atoms with E-state index in [0.717, 1.165) is 18.2 Å². The summed E-state index contributed by atoms with van der Waals surface area (Å²) in [5.41, 5.74) is 1.98. The molecule has 0 aromatic carbocycles. The second kappa shape index (κ2) is 5.96. The Morgan fingerprint density at radius 1 is 1.61 bits per heavy atom. The molecule has 1 heterocycles. The number of aryl methyl sites for hydroxylation is 2. The van der Waals surface area contributed by atoms with Crippen LogP contribution in [0.5, 0.6) is 0 Å². The zero-order valence-corrected chi connectivity index (χ0v) is 11.1. The number of nitrogens with one attached hydrogen (secondary N) is 2. The van der Waals surface area contributed by atoms with Gasteiger partial charge in [-0.3, -0.25) is 9.89 Å². The number of carboxylic acids is 1. The molecule has 0 fully saturated rings. The maximum absolute atomic E-state index is 11.5. The summed E-state index contributed by atoms with van der Waals surface area (Å²) in [6, 6.07) is 0. The lowest BCUT2D eigenvalue weighted by Gasteiger charge is -2.09. The summed E-state index contributed by atoms with van der Waals surface area (Å²) < 4.78 is 25.3. The molecule has 18 heavy (non-hydrogen) atoms. The Kier molecular flexibility index (Phi) is 4.85. The molecule has 1 aromatic heterocycles. The minimum atomic E-state index is -3.78. The molecule has 0 aliphatic heterocycles. The fraction of sp³-hybridized carbons (Fsp3) is 0.600. The molecule has 102 valence electrons. The van der Waals surface area contributed by atoms with Crippen LogP contribution in [0.4, 0.5) is 0 Å². The molecular formula is C10H17N3O4S. The number of aromatic nitrogens is 2. The van der Waals surface area contributed by atoms with Crippen molar-refractivity contribution in [3.05, 3.63) is 17.5 Å². The third kappa shape index (κ3) is 3.81. The lowest BCUT2D eigenvalue weighted by Crippen LogP contribution is -2.38. The highest BCUT2D eigenvalue weighted by Gasteiger charge is 2.26. The van der Waals surface area contributed by atoms with Crippen LogP contribution in [-0.4, -0.2) is 41.5 Å². The van der Waals surface area contributed by atoms with Gasteiger partial charge >= 0.3 is 5.97 Å².